The molecule has 4 aliphatic rings. The molecule has 3 aromatic carbocycles. The number of ether oxygens (including phenoxy) is 1. The first-order valence-corrected chi connectivity index (χ1v) is 24.3. The third-order valence-electron chi connectivity index (χ3n) is 12.7. The molecule has 1 atom stereocenters. The number of benzene rings is 3. The SMILES string of the molecule is Cc1cc(Nc2ncc(Cl)c(Nc3ccccc3S(=O)(=O)C(C)C)n2)c(OC(C)C)cc1C1CCN(CC(=O)N2CCN(c3cc4c(cc3F)C(=O)N(C3CCC(=O)NC3=O)C4=O)CC2)CC1. The number of para-hydroxylation sites is 1. The smallest absolute Gasteiger partial charge is 0.262 e. The Labute approximate surface area is 393 Å². The zero-order valence-electron chi connectivity index (χ0n) is 37.9. The number of carbonyl (C=O) groups is 5. The van der Waals surface area contributed by atoms with Crippen molar-refractivity contribution in [1.82, 2.24) is 30.0 Å². The molecule has 5 amide bonds. The predicted octanol–water partition coefficient (Wildman–Crippen LogP) is 5.96. The van der Waals surface area contributed by atoms with Crippen molar-refractivity contribution in [2.45, 2.75) is 88.5 Å². The fourth-order valence-corrected chi connectivity index (χ4v) is 10.4. The number of carbonyl (C=O) groups excluding carboxylic acids is 5. The van der Waals surface area contributed by atoms with Crippen molar-refractivity contribution in [1.29, 1.82) is 0 Å². The lowest BCUT2D eigenvalue weighted by molar-refractivity contribution is -0.136. The summed E-state index contributed by atoms with van der Waals surface area (Å²) in [5.41, 5.74) is 3.17. The lowest BCUT2D eigenvalue weighted by atomic mass is 9.86. The summed E-state index contributed by atoms with van der Waals surface area (Å²) >= 11 is 6.51. The first-order chi connectivity index (χ1) is 31.9. The van der Waals surface area contributed by atoms with Crippen LogP contribution in [0.15, 0.2) is 59.6 Å². The van der Waals surface area contributed by atoms with Gasteiger partial charge in [-0.15, -0.1) is 0 Å². The summed E-state index contributed by atoms with van der Waals surface area (Å²) < 4.78 is 48.0. The van der Waals surface area contributed by atoms with Crippen molar-refractivity contribution < 1.29 is 41.5 Å². The number of piperazine rings is 1. The molecule has 20 heteroatoms. The Hall–Kier alpha value is -6.18. The molecule has 67 heavy (non-hydrogen) atoms. The Morgan fingerprint density at radius 2 is 1.60 bits per heavy atom. The number of hydrogen-bond acceptors (Lipinski definition) is 14. The van der Waals surface area contributed by atoms with Gasteiger partial charge in [0.05, 0.1) is 57.2 Å². The molecule has 17 nitrogen and oxygen atoms in total. The first-order valence-electron chi connectivity index (χ1n) is 22.4. The molecular weight excluding hydrogens is 905 g/mol. The number of sulfone groups is 1. The van der Waals surface area contributed by atoms with E-state index in [4.69, 9.17) is 16.3 Å². The van der Waals surface area contributed by atoms with Crippen molar-refractivity contribution >= 4 is 79.8 Å². The van der Waals surface area contributed by atoms with E-state index in [9.17, 15) is 32.4 Å². The van der Waals surface area contributed by atoms with E-state index >= 15 is 4.39 Å². The number of piperidine rings is 2. The third-order valence-corrected chi connectivity index (χ3v) is 15.1. The molecule has 1 unspecified atom stereocenters. The van der Waals surface area contributed by atoms with Crippen LogP contribution in [0, 0.1) is 12.7 Å². The Bertz CT molecular complexity index is 2760. The van der Waals surface area contributed by atoms with Crippen molar-refractivity contribution in [2.75, 3.05) is 61.3 Å². The highest BCUT2D eigenvalue weighted by molar-refractivity contribution is 7.92. The van der Waals surface area contributed by atoms with Crippen LogP contribution in [0.4, 0.5) is 33.2 Å². The van der Waals surface area contributed by atoms with Gasteiger partial charge in [0.1, 0.15) is 22.6 Å². The minimum absolute atomic E-state index is 0.000235. The van der Waals surface area contributed by atoms with Gasteiger partial charge in [0.25, 0.3) is 11.8 Å². The maximum Gasteiger partial charge on any atom is 0.262 e. The van der Waals surface area contributed by atoms with Crippen molar-refractivity contribution in [3.8, 4) is 5.75 Å². The summed E-state index contributed by atoms with van der Waals surface area (Å²) in [7, 11) is -3.61. The van der Waals surface area contributed by atoms with Crippen molar-refractivity contribution in [3.05, 3.63) is 87.8 Å². The number of amides is 5. The second kappa shape index (κ2) is 19.2. The second-order valence-corrected chi connectivity index (χ2v) is 20.7. The van der Waals surface area contributed by atoms with Crippen LogP contribution in [0.25, 0.3) is 0 Å². The summed E-state index contributed by atoms with van der Waals surface area (Å²) in [6.07, 6.45) is 2.91. The van der Waals surface area contributed by atoms with Gasteiger partial charge in [-0.1, -0.05) is 23.7 Å². The average molecular weight is 959 g/mol. The summed E-state index contributed by atoms with van der Waals surface area (Å²) in [5, 5.41) is 8.11. The molecule has 0 saturated carbocycles. The fraction of sp³-hybridized carbons (Fsp3) is 0.426. The van der Waals surface area contributed by atoms with Gasteiger partial charge in [-0.05, 0) is 120 Å². The highest BCUT2D eigenvalue weighted by Gasteiger charge is 2.45. The molecule has 5 heterocycles. The highest BCUT2D eigenvalue weighted by Crippen LogP contribution is 2.39. The van der Waals surface area contributed by atoms with E-state index in [1.807, 2.05) is 26.8 Å². The number of imide groups is 2. The van der Waals surface area contributed by atoms with Crippen LogP contribution < -0.4 is 25.6 Å². The quantitative estimate of drug-likeness (QED) is 0.132. The molecule has 4 aliphatic heterocycles. The van der Waals surface area contributed by atoms with Crippen LogP contribution in [0.2, 0.25) is 5.02 Å². The molecule has 354 valence electrons. The maximum absolute atomic E-state index is 15.5. The number of anilines is 5. The second-order valence-electron chi connectivity index (χ2n) is 17.8. The zero-order chi connectivity index (χ0) is 47.9. The summed E-state index contributed by atoms with van der Waals surface area (Å²) in [6, 6.07) is 11.9. The van der Waals surface area contributed by atoms with Gasteiger partial charge in [-0.3, -0.25) is 39.1 Å². The van der Waals surface area contributed by atoms with Crippen LogP contribution in [-0.2, 0) is 24.2 Å². The minimum atomic E-state index is -3.61. The van der Waals surface area contributed by atoms with E-state index in [1.165, 1.54) is 12.3 Å². The van der Waals surface area contributed by atoms with Crippen molar-refractivity contribution in [3.63, 3.8) is 0 Å². The van der Waals surface area contributed by atoms with Gasteiger partial charge in [-0.2, -0.15) is 4.98 Å². The average Bonchev–Trinajstić information content (AvgIpc) is 3.52. The van der Waals surface area contributed by atoms with E-state index in [0.717, 1.165) is 34.9 Å². The Balaban J connectivity index is 0.873. The number of aryl methyl sites for hydroxylation is 1. The van der Waals surface area contributed by atoms with Gasteiger partial charge in [-0.25, -0.2) is 17.8 Å². The number of halogens is 2. The van der Waals surface area contributed by atoms with Gasteiger partial charge in [0.2, 0.25) is 23.7 Å². The molecule has 4 aromatic rings. The van der Waals surface area contributed by atoms with E-state index in [0.29, 0.717) is 56.4 Å². The van der Waals surface area contributed by atoms with Crippen LogP contribution in [0.5, 0.6) is 5.75 Å². The first kappa shape index (κ1) is 47.3. The number of fused-ring (bicyclic) bond motifs is 1. The normalized spacial score (nSPS) is 18.5. The minimum Gasteiger partial charge on any atom is -0.489 e. The lowest BCUT2D eigenvalue weighted by Crippen LogP contribution is -2.54. The largest absolute Gasteiger partial charge is 0.489 e. The number of rotatable bonds is 13. The molecule has 0 spiro atoms. The topological polar surface area (TPSA) is 204 Å². The summed E-state index contributed by atoms with van der Waals surface area (Å²) in [5.74, 6) is -2.14. The fourth-order valence-electron chi connectivity index (χ4n) is 9.04. The lowest BCUT2D eigenvalue weighted by Gasteiger charge is -2.38. The molecule has 8 rings (SSSR count). The molecule has 0 bridgehead atoms. The molecule has 1 aromatic heterocycles. The van der Waals surface area contributed by atoms with Crippen molar-refractivity contribution in [2.24, 2.45) is 0 Å². The molecule has 0 radical (unpaired) electrons. The van der Waals surface area contributed by atoms with Crippen LogP contribution in [-0.4, -0.2) is 126 Å². The standard InChI is InChI=1S/C47H53ClFN9O8S/c1-26(2)66-39-23-30(28(5)20-36(39)52-47-50-24-33(48)43(54-47)51-35-8-6-7-9-40(35)67(64,65)27(3)4)29-12-14-55(15-13-29)25-42(60)57-18-16-56(17-19-57)38-22-32-31(21-34(38)49)45(62)58(46(32)63)37-10-11-41(59)53-44(37)61/h6-9,20-24,26-27,29,37H,10-19,25H2,1-5H3,(H,53,59,61)(H2,50,51,52,54). The zero-order valence-corrected chi connectivity index (χ0v) is 39.5. The third kappa shape index (κ3) is 9.80. The number of nitrogens with one attached hydrogen (secondary N) is 3. The highest BCUT2D eigenvalue weighted by atomic mass is 35.5. The Morgan fingerprint density at radius 1 is 0.910 bits per heavy atom. The van der Waals surface area contributed by atoms with Gasteiger partial charge in [0, 0.05) is 32.6 Å². The van der Waals surface area contributed by atoms with E-state index < -0.39 is 50.6 Å². The Morgan fingerprint density at radius 3 is 2.27 bits per heavy atom. The van der Waals surface area contributed by atoms with Crippen LogP contribution >= 0.6 is 11.6 Å². The van der Waals surface area contributed by atoms with Crippen LogP contribution in [0.3, 0.4) is 0 Å². The van der Waals surface area contributed by atoms with E-state index in [2.05, 4.69) is 36.9 Å². The van der Waals surface area contributed by atoms with Crippen LogP contribution in [0.1, 0.15) is 91.1 Å². The predicted molar refractivity (Wildman–Crippen MR) is 250 cm³/mol. The van der Waals surface area contributed by atoms with Gasteiger partial charge >= 0.3 is 0 Å². The maximum atomic E-state index is 15.5. The Kier molecular flexibility index (Phi) is 13.6. The molecular formula is C47H53ClFN9O8S. The number of aromatic nitrogens is 2. The summed E-state index contributed by atoms with van der Waals surface area (Å²) in [6.45, 7) is 12.1. The molecule has 3 saturated heterocycles. The number of likely N-dealkylation sites (tertiary alicyclic amines) is 1. The van der Waals surface area contributed by atoms with Gasteiger partial charge < -0.3 is 25.2 Å². The monoisotopic (exact) mass is 957 g/mol. The molecule has 3 fully saturated rings. The van der Waals surface area contributed by atoms with Gasteiger partial charge in [0.15, 0.2) is 15.7 Å². The molecule has 3 N–H and O–H groups in total. The number of hydrogen-bond donors (Lipinski definition) is 3. The van der Waals surface area contributed by atoms with E-state index in [-0.39, 0.29) is 75.8 Å². The summed E-state index contributed by atoms with van der Waals surface area (Å²) in [4.78, 5) is 79.8. The number of nitrogens with zero attached hydrogens (tertiary/aromatic N) is 6. The molecule has 0 aliphatic carbocycles. The van der Waals surface area contributed by atoms with E-state index in [1.54, 1.807) is 47.9 Å².